The highest BCUT2D eigenvalue weighted by Gasteiger charge is 2.13. The minimum atomic E-state index is 0.213. The number of rotatable bonds is 3. The molecule has 18 heavy (non-hydrogen) atoms. The molecule has 0 radical (unpaired) electrons. The van der Waals surface area contributed by atoms with Crippen molar-refractivity contribution in [2.45, 2.75) is 33.7 Å². The molecule has 0 spiro atoms. The fourth-order valence-corrected chi connectivity index (χ4v) is 2.24. The molecular formula is C15H20N2O. The van der Waals surface area contributed by atoms with Crippen molar-refractivity contribution in [1.29, 1.82) is 0 Å². The number of furan rings is 1. The highest BCUT2D eigenvalue weighted by molar-refractivity contribution is 5.58. The predicted molar refractivity (Wildman–Crippen MR) is 75.8 cm³/mol. The highest BCUT2D eigenvalue weighted by Crippen LogP contribution is 2.27. The average Bonchev–Trinajstić information content (AvgIpc) is 2.62. The first-order valence-electron chi connectivity index (χ1n) is 6.17. The van der Waals surface area contributed by atoms with E-state index >= 15 is 0 Å². The Hall–Kier alpha value is -1.90. The standard InChI is InChI=1S/C15H20N2O/c1-9-7-13(16)5-6-15(9)17-11(3)14-8-10(2)18-12(14)4/h5-8,11,17H,16H2,1-4H3. The van der Waals surface area contributed by atoms with Crippen LogP contribution in [0.4, 0.5) is 11.4 Å². The molecule has 2 aromatic rings. The van der Waals surface area contributed by atoms with Crippen molar-refractivity contribution in [3.8, 4) is 0 Å². The van der Waals surface area contributed by atoms with E-state index in [2.05, 4.69) is 25.2 Å². The Kier molecular flexibility index (Phi) is 3.32. The maximum Gasteiger partial charge on any atom is 0.106 e. The minimum absolute atomic E-state index is 0.213. The SMILES string of the molecule is Cc1cc(C(C)Nc2ccc(N)cc2C)c(C)o1. The summed E-state index contributed by atoms with van der Waals surface area (Å²) in [5.41, 5.74) is 10.0. The quantitative estimate of drug-likeness (QED) is 0.803. The molecule has 1 heterocycles. The fourth-order valence-electron chi connectivity index (χ4n) is 2.24. The van der Waals surface area contributed by atoms with Gasteiger partial charge in [-0.1, -0.05) is 0 Å². The maximum absolute atomic E-state index is 5.75. The second-order valence-electron chi connectivity index (χ2n) is 4.81. The number of nitrogens with one attached hydrogen (secondary N) is 1. The number of nitrogens with two attached hydrogens (primary N) is 1. The minimum Gasteiger partial charge on any atom is -0.466 e. The van der Waals surface area contributed by atoms with E-state index in [0.29, 0.717) is 0 Å². The molecule has 3 N–H and O–H groups in total. The lowest BCUT2D eigenvalue weighted by molar-refractivity contribution is 0.500. The monoisotopic (exact) mass is 244 g/mol. The van der Waals surface area contributed by atoms with Gasteiger partial charge in [0.05, 0.1) is 6.04 Å². The molecule has 0 amide bonds. The molecule has 1 aromatic heterocycles. The van der Waals surface area contributed by atoms with Crippen LogP contribution in [-0.2, 0) is 0 Å². The smallest absolute Gasteiger partial charge is 0.106 e. The number of nitrogen functional groups attached to an aromatic ring is 1. The molecule has 0 bridgehead atoms. The van der Waals surface area contributed by atoms with Gasteiger partial charge in [-0.3, -0.25) is 0 Å². The molecular weight excluding hydrogens is 224 g/mol. The third kappa shape index (κ3) is 2.50. The molecule has 1 atom stereocenters. The lowest BCUT2D eigenvalue weighted by atomic mass is 10.1. The van der Waals surface area contributed by atoms with Crippen LogP contribution < -0.4 is 11.1 Å². The second kappa shape index (κ2) is 4.77. The summed E-state index contributed by atoms with van der Waals surface area (Å²) in [6.45, 7) is 8.15. The topological polar surface area (TPSA) is 51.2 Å². The van der Waals surface area contributed by atoms with Crippen LogP contribution in [0, 0.1) is 20.8 Å². The Labute approximate surface area is 108 Å². The molecule has 0 aliphatic carbocycles. The number of aryl methyl sites for hydroxylation is 3. The number of hydrogen-bond acceptors (Lipinski definition) is 3. The maximum atomic E-state index is 5.75. The van der Waals surface area contributed by atoms with E-state index in [1.165, 1.54) is 5.56 Å². The van der Waals surface area contributed by atoms with Gasteiger partial charge in [-0.2, -0.15) is 0 Å². The molecule has 0 aliphatic rings. The first-order valence-corrected chi connectivity index (χ1v) is 6.17. The summed E-state index contributed by atoms with van der Waals surface area (Å²) in [6, 6.07) is 8.20. The fraction of sp³-hybridized carbons (Fsp3) is 0.333. The highest BCUT2D eigenvalue weighted by atomic mass is 16.3. The average molecular weight is 244 g/mol. The largest absolute Gasteiger partial charge is 0.466 e. The Balaban J connectivity index is 2.21. The Morgan fingerprint density at radius 3 is 2.44 bits per heavy atom. The molecule has 3 heteroatoms. The molecule has 0 fully saturated rings. The molecule has 2 rings (SSSR count). The van der Waals surface area contributed by atoms with Gasteiger partial charge >= 0.3 is 0 Å². The zero-order valence-corrected chi connectivity index (χ0v) is 11.4. The lowest BCUT2D eigenvalue weighted by Crippen LogP contribution is -2.08. The molecule has 96 valence electrons. The molecule has 1 unspecified atom stereocenters. The normalized spacial score (nSPS) is 12.4. The van der Waals surface area contributed by atoms with E-state index in [9.17, 15) is 0 Å². The summed E-state index contributed by atoms with van der Waals surface area (Å²) >= 11 is 0. The Morgan fingerprint density at radius 1 is 1.17 bits per heavy atom. The molecule has 0 saturated heterocycles. The van der Waals surface area contributed by atoms with Crippen molar-refractivity contribution in [1.82, 2.24) is 0 Å². The van der Waals surface area contributed by atoms with Gasteiger partial charge < -0.3 is 15.5 Å². The van der Waals surface area contributed by atoms with E-state index in [0.717, 1.165) is 28.5 Å². The summed E-state index contributed by atoms with van der Waals surface area (Å²) < 4.78 is 5.56. The summed E-state index contributed by atoms with van der Waals surface area (Å²) in [5.74, 6) is 1.92. The number of anilines is 2. The van der Waals surface area contributed by atoms with Crippen LogP contribution >= 0.6 is 0 Å². The first-order chi connectivity index (χ1) is 8.47. The van der Waals surface area contributed by atoms with Crippen LogP contribution in [0.25, 0.3) is 0 Å². The second-order valence-corrected chi connectivity index (χ2v) is 4.81. The van der Waals surface area contributed by atoms with Gasteiger partial charge in [0.1, 0.15) is 11.5 Å². The predicted octanol–water partition coefficient (Wildman–Crippen LogP) is 3.96. The Bertz CT molecular complexity index is 558. The van der Waals surface area contributed by atoms with Crippen LogP contribution in [0.15, 0.2) is 28.7 Å². The molecule has 0 saturated carbocycles. The zero-order chi connectivity index (χ0) is 13.3. The van der Waals surface area contributed by atoms with E-state index in [4.69, 9.17) is 10.2 Å². The van der Waals surface area contributed by atoms with Crippen LogP contribution in [0.1, 0.15) is 35.6 Å². The third-order valence-corrected chi connectivity index (χ3v) is 3.17. The van der Waals surface area contributed by atoms with Gasteiger partial charge in [0.2, 0.25) is 0 Å². The van der Waals surface area contributed by atoms with Crippen LogP contribution in [0.5, 0.6) is 0 Å². The van der Waals surface area contributed by atoms with Gasteiger partial charge in [-0.15, -0.1) is 0 Å². The van der Waals surface area contributed by atoms with Crippen molar-refractivity contribution < 1.29 is 4.42 Å². The van der Waals surface area contributed by atoms with Crippen molar-refractivity contribution in [2.24, 2.45) is 0 Å². The van der Waals surface area contributed by atoms with E-state index in [1.54, 1.807) is 0 Å². The van der Waals surface area contributed by atoms with Gasteiger partial charge in [-0.05, 0) is 57.5 Å². The summed E-state index contributed by atoms with van der Waals surface area (Å²) in [5, 5.41) is 3.49. The van der Waals surface area contributed by atoms with Crippen molar-refractivity contribution in [3.05, 3.63) is 46.9 Å². The van der Waals surface area contributed by atoms with Gasteiger partial charge in [0.15, 0.2) is 0 Å². The van der Waals surface area contributed by atoms with E-state index < -0.39 is 0 Å². The number of hydrogen-bond donors (Lipinski definition) is 2. The van der Waals surface area contributed by atoms with E-state index in [-0.39, 0.29) is 6.04 Å². The molecule has 3 nitrogen and oxygen atoms in total. The first kappa shape index (κ1) is 12.6. The number of benzene rings is 1. The van der Waals surface area contributed by atoms with Gasteiger partial charge in [-0.25, -0.2) is 0 Å². The van der Waals surface area contributed by atoms with Gasteiger partial charge in [0, 0.05) is 16.9 Å². The van der Waals surface area contributed by atoms with Gasteiger partial charge in [0.25, 0.3) is 0 Å². The third-order valence-electron chi connectivity index (χ3n) is 3.17. The van der Waals surface area contributed by atoms with Crippen LogP contribution in [0.3, 0.4) is 0 Å². The van der Waals surface area contributed by atoms with E-state index in [1.807, 2.05) is 32.0 Å². The van der Waals surface area contributed by atoms with Crippen molar-refractivity contribution in [2.75, 3.05) is 11.1 Å². The zero-order valence-electron chi connectivity index (χ0n) is 11.4. The molecule has 0 aliphatic heterocycles. The molecule has 1 aromatic carbocycles. The summed E-state index contributed by atoms with van der Waals surface area (Å²) in [4.78, 5) is 0. The lowest BCUT2D eigenvalue weighted by Gasteiger charge is -2.16. The van der Waals surface area contributed by atoms with Crippen LogP contribution in [0.2, 0.25) is 0 Å². The van der Waals surface area contributed by atoms with Crippen molar-refractivity contribution >= 4 is 11.4 Å². The van der Waals surface area contributed by atoms with Crippen LogP contribution in [-0.4, -0.2) is 0 Å². The summed E-state index contributed by atoms with van der Waals surface area (Å²) in [6.07, 6.45) is 0. The van der Waals surface area contributed by atoms with Crippen molar-refractivity contribution in [3.63, 3.8) is 0 Å². The Morgan fingerprint density at radius 2 is 1.89 bits per heavy atom. The summed E-state index contributed by atoms with van der Waals surface area (Å²) in [7, 11) is 0.